The summed E-state index contributed by atoms with van der Waals surface area (Å²) < 4.78 is 10.6. The van der Waals surface area contributed by atoms with Crippen molar-refractivity contribution in [3.05, 3.63) is 0 Å². The molecule has 1 saturated heterocycles. The van der Waals surface area contributed by atoms with Gasteiger partial charge in [-0.2, -0.15) is 0 Å². The summed E-state index contributed by atoms with van der Waals surface area (Å²) in [7, 11) is 0. The smallest absolute Gasteiger partial charge is 0.220 e. The molecule has 7 N–H and O–H groups in total. The number of hydrogen-bond donors (Lipinski definition) is 6. The van der Waals surface area contributed by atoms with E-state index in [0.29, 0.717) is 25.8 Å². The van der Waals surface area contributed by atoms with Gasteiger partial charge in [0, 0.05) is 13.0 Å². The second kappa shape index (κ2) is 13.2. The minimum Gasteiger partial charge on any atom is -0.394 e. The lowest BCUT2D eigenvalue weighted by atomic mass is 9.99. The number of aliphatic hydroxyl groups is 4. The predicted molar refractivity (Wildman–Crippen MR) is 99.1 cm³/mol. The summed E-state index contributed by atoms with van der Waals surface area (Å²) in [6, 6.07) is -0.496. The van der Waals surface area contributed by atoms with Crippen LogP contribution in [0.5, 0.6) is 0 Å². The van der Waals surface area contributed by atoms with E-state index in [2.05, 4.69) is 5.32 Å². The van der Waals surface area contributed by atoms with E-state index >= 15 is 0 Å². The van der Waals surface area contributed by atoms with Gasteiger partial charge in [0.2, 0.25) is 5.91 Å². The Labute approximate surface area is 165 Å². The highest BCUT2D eigenvalue weighted by atomic mass is 16.7. The number of Topliss-reactive ketones (excluding diaryl/α,β-unsaturated/α-hetero) is 1. The van der Waals surface area contributed by atoms with Crippen LogP contribution in [0.15, 0.2) is 0 Å². The van der Waals surface area contributed by atoms with Gasteiger partial charge in [0.25, 0.3) is 0 Å². The van der Waals surface area contributed by atoms with Crippen molar-refractivity contribution < 1.29 is 39.5 Å². The molecule has 0 aliphatic carbocycles. The van der Waals surface area contributed by atoms with Crippen LogP contribution in [0.3, 0.4) is 0 Å². The van der Waals surface area contributed by atoms with Crippen LogP contribution in [0, 0.1) is 0 Å². The molecule has 28 heavy (non-hydrogen) atoms. The number of rotatable bonds is 13. The minimum atomic E-state index is -1.48. The van der Waals surface area contributed by atoms with E-state index in [1.165, 1.54) is 6.92 Å². The first-order chi connectivity index (χ1) is 13.3. The normalized spacial score (nSPS) is 28.7. The molecule has 1 aliphatic rings. The highest BCUT2D eigenvalue weighted by molar-refractivity contribution is 5.87. The molecule has 164 valence electrons. The van der Waals surface area contributed by atoms with Crippen molar-refractivity contribution in [2.45, 2.75) is 82.2 Å². The second-order valence-electron chi connectivity index (χ2n) is 7.04. The van der Waals surface area contributed by atoms with E-state index in [1.807, 2.05) is 0 Å². The van der Waals surface area contributed by atoms with Crippen molar-refractivity contribution in [3.8, 4) is 0 Å². The molecule has 0 radical (unpaired) electrons. The SMILES string of the molecule is CC(=O)[C@H](CCCCN)NC(=O)CCCCOC1OC(CO)C(O)C(O)C1O. The quantitative estimate of drug-likeness (QED) is 0.193. The van der Waals surface area contributed by atoms with Crippen LogP contribution in [0.4, 0.5) is 0 Å². The Morgan fingerprint density at radius 1 is 1.11 bits per heavy atom. The molecule has 10 heteroatoms. The van der Waals surface area contributed by atoms with E-state index in [-0.39, 0.29) is 24.7 Å². The van der Waals surface area contributed by atoms with Gasteiger partial charge in [-0.25, -0.2) is 0 Å². The maximum absolute atomic E-state index is 12.0. The summed E-state index contributed by atoms with van der Waals surface area (Å²) in [5.74, 6) is -0.308. The largest absolute Gasteiger partial charge is 0.394 e. The average Bonchev–Trinajstić information content (AvgIpc) is 2.66. The topological polar surface area (TPSA) is 172 Å². The van der Waals surface area contributed by atoms with Crippen molar-refractivity contribution >= 4 is 11.7 Å². The van der Waals surface area contributed by atoms with Crippen molar-refractivity contribution in [1.82, 2.24) is 5.32 Å². The van der Waals surface area contributed by atoms with Gasteiger partial charge in [-0.3, -0.25) is 9.59 Å². The van der Waals surface area contributed by atoms with Gasteiger partial charge in [0.15, 0.2) is 12.1 Å². The molecular formula is C18H34N2O8. The summed E-state index contributed by atoms with van der Waals surface area (Å²) in [4.78, 5) is 23.6. The van der Waals surface area contributed by atoms with Crippen LogP contribution >= 0.6 is 0 Å². The number of carbonyl (C=O) groups is 2. The van der Waals surface area contributed by atoms with E-state index in [4.69, 9.17) is 20.3 Å². The van der Waals surface area contributed by atoms with E-state index < -0.39 is 43.4 Å². The third-order valence-corrected chi connectivity index (χ3v) is 4.70. The summed E-state index contributed by atoms with van der Waals surface area (Å²) in [5.41, 5.74) is 5.43. The molecular weight excluding hydrogens is 372 g/mol. The fourth-order valence-electron chi connectivity index (χ4n) is 2.93. The lowest BCUT2D eigenvalue weighted by Gasteiger charge is -2.39. The van der Waals surface area contributed by atoms with Crippen LogP contribution < -0.4 is 11.1 Å². The summed E-state index contributed by atoms with van der Waals surface area (Å²) >= 11 is 0. The molecule has 0 bridgehead atoms. The standard InChI is InChI=1S/C18H34N2O8/c1-11(22)12(6-2-4-8-19)20-14(23)7-3-5-9-27-18-17(26)16(25)15(24)13(10-21)28-18/h12-13,15-18,21,24-26H,2-10,19H2,1H3,(H,20,23)/t12-,13?,15?,16?,17?,18?/m0/s1. The van der Waals surface area contributed by atoms with Crippen LogP contribution in [-0.2, 0) is 19.1 Å². The number of carbonyl (C=O) groups excluding carboxylic acids is 2. The maximum Gasteiger partial charge on any atom is 0.220 e. The Bertz CT molecular complexity index is 477. The van der Waals surface area contributed by atoms with E-state index in [0.717, 1.165) is 12.8 Å². The molecule has 0 aromatic carbocycles. The molecule has 1 heterocycles. The number of aliphatic hydroxyl groups excluding tert-OH is 4. The number of nitrogens with two attached hydrogens (primary N) is 1. The van der Waals surface area contributed by atoms with Crippen molar-refractivity contribution in [2.75, 3.05) is 19.8 Å². The zero-order valence-electron chi connectivity index (χ0n) is 16.3. The molecule has 0 spiro atoms. The van der Waals surface area contributed by atoms with Crippen molar-refractivity contribution in [3.63, 3.8) is 0 Å². The first-order valence-electron chi connectivity index (χ1n) is 9.73. The summed E-state index contributed by atoms with van der Waals surface area (Å²) in [5, 5.41) is 41.1. The Balaban J connectivity index is 2.27. The second-order valence-corrected chi connectivity index (χ2v) is 7.04. The fraction of sp³-hybridized carbons (Fsp3) is 0.889. The highest BCUT2D eigenvalue weighted by Crippen LogP contribution is 2.22. The predicted octanol–water partition coefficient (Wildman–Crippen LogP) is -1.82. The number of ketones is 1. The number of ether oxygens (including phenoxy) is 2. The van der Waals surface area contributed by atoms with Crippen LogP contribution in [-0.4, -0.2) is 88.6 Å². The van der Waals surface area contributed by atoms with Gasteiger partial charge in [-0.15, -0.1) is 0 Å². The average molecular weight is 406 g/mol. The van der Waals surface area contributed by atoms with Gasteiger partial charge in [0.1, 0.15) is 24.4 Å². The number of hydrogen-bond acceptors (Lipinski definition) is 9. The lowest BCUT2D eigenvalue weighted by molar-refractivity contribution is -0.301. The number of amides is 1. The highest BCUT2D eigenvalue weighted by Gasteiger charge is 2.43. The molecule has 0 aromatic rings. The van der Waals surface area contributed by atoms with Gasteiger partial charge in [-0.05, 0) is 45.6 Å². The maximum atomic E-state index is 12.0. The Morgan fingerprint density at radius 3 is 2.43 bits per heavy atom. The Morgan fingerprint density at radius 2 is 1.82 bits per heavy atom. The van der Waals surface area contributed by atoms with E-state index in [9.17, 15) is 24.9 Å². The molecule has 1 fully saturated rings. The minimum absolute atomic E-state index is 0.0867. The van der Waals surface area contributed by atoms with Crippen LogP contribution in [0.1, 0.15) is 45.4 Å². The molecule has 1 amide bonds. The molecule has 1 rings (SSSR count). The first-order valence-corrected chi connectivity index (χ1v) is 9.73. The zero-order valence-corrected chi connectivity index (χ0v) is 16.3. The molecule has 0 saturated carbocycles. The Kier molecular flexibility index (Phi) is 11.7. The lowest BCUT2D eigenvalue weighted by Crippen LogP contribution is -2.59. The summed E-state index contributed by atoms with van der Waals surface area (Å²) in [6.07, 6.45) is -3.19. The Hall–Kier alpha value is -1.14. The number of nitrogens with one attached hydrogen (secondary N) is 1. The van der Waals surface area contributed by atoms with Gasteiger partial charge in [-0.1, -0.05) is 0 Å². The third kappa shape index (κ3) is 8.08. The van der Waals surface area contributed by atoms with Crippen LogP contribution in [0.25, 0.3) is 0 Å². The fourth-order valence-corrected chi connectivity index (χ4v) is 2.93. The van der Waals surface area contributed by atoms with Gasteiger partial charge < -0.3 is 41.0 Å². The van der Waals surface area contributed by atoms with Crippen molar-refractivity contribution in [1.29, 1.82) is 0 Å². The van der Waals surface area contributed by atoms with Gasteiger partial charge in [0.05, 0.1) is 12.6 Å². The zero-order chi connectivity index (χ0) is 21.1. The monoisotopic (exact) mass is 406 g/mol. The number of unbranched alkanes of at least 4 members (excludes halogenated alkanes) is 2. The molecule has 5 unspecified atom stereocenters. The molecule has 1 aliphatic heterocycles. The van der Waals surface area contributed by atoms with E-state index in [1.54, 1.807) is 0 Å². The van der Waals surface area contributed by atoms with Crippen LogP contribution in [0.2, 0.25) is 0 Å². The van der Waals surface area contributed by atoms with Gasteiger partial charge >= 0.3 is 0 Å². The molecule has 0 aromatic heterocycles. The molecule has 6 atom stereocenters. The molecule has 10 nitrogen and oxygen atoms in total. The first kappa shape index (κ1) is 24.9. The van der Waals surface area contributed by atoms with Crippen molar-refractivity contribution in [2.24, 2.45) is 5.73 Å². The summed E-state index contributed by atoms with van der Waals surface area (Å²) in [6.45, 7) is 1.63. The third-order valence-electron chi connectivity index (χ3n) is 4.70.